The fourth-order valence-electron chi connectivity index (χ4n) is 4.25. The van der Waals surface area contributed by atoms with Crippen LogP contribution < -0.4 is 14.8 Å². The van der Waals surface area contributed by atoms with E-state index in [1.807, 2.05) is 93.6 Å². The number of amides is 1. The Balaban J connectivity index is 1.83. The van der Waals surface area contributed by atoms with E-state index in [0.717, 1.165) is 22.4 Å². The third-order valence-corrected chi connectivity index (χ3v) is 7.78. The molecule has 39 heavy (non-hydrogen) atoms. The largest absolute Gasteiger partial charge is 0.497 e. The van der Waals surface area contributed by atoms with Crippen LogP contribution in [0.1, 0.15) is 30.0 Å². The molecule has 0 saturated heterocycles. The van der Waals surface area contributed by atoms with Gasteiger partial charge < -0.3 is 14.8 Å². The number of methoxy groups -OCH3 is 2. The summed E-state index contributed by atoms with van der Waals surface area (Å²) < 4.78 is 11.1. The van der Waals surface area contributed by atoms with E-state index in [1.54, 1.807) is 14.2 Å². The molecular formula is C32H31N3O3S. The Kier molecular flexibility index (Phi) is 8.90. The van der Waals surface area contributed by atoms with E-state index in [-0.39, 0.29) is 5.91 Å². The highest BCUT2D eigenvalue weighted by Gasteiger charge is 2.25. The van der Waals surface area contributed by atoms with E-state index >= 15 is 0 Å². The van der Waals surface area contributed by atoms with Crippen molar-refractivity contribution in [2.45, 2.75) is 37.5 Å². The van der Waals surface area contributed by atoms with E-state index in [4.69, 9.17) is 14.5 Å². The minimum Gasteiger partial charge on any atom is -0.497 e. The number of carbonyl (C=O) groups is 1. The SMILES string of the molecule is CCC(Sc1nc(-c2ccccc2)cc(-c2cc(OC)ccc2OC)c1C#N)C(=O)Nc1cc(C)ccc1C. The highest BCUT2D eigenvalue weighted by molar-refractivity contribution is 8.00. The quantitative estimate of drug-likeness (QED) is 0.224. The molecule has 1 amide bonds. The maximum absolute atomic E-state index is 13.4. The number of rotatable bonds is 9. The minimum absolute atomic E-state index is 0.132. The highest BCUT2D eigenvalue weighted by Crippen LogP contribution is 2.41. The number of pyridine rings is 1. The summed E-state index contributed by atoms with van der Waals surface area (Å²) in [6.07, 6.45) is 0.557. The fourth-order valence-corrected chi connectivity index (χ4v) is 5.28. The van der Waals surface area contributed by atoms with E-state index in [0.29, 0.717) is 45.3 Å². The van der Waals surface area contributed by atoms with E-state index in [2.05, 4.69) is 11.4 Å². The summed E-state index contributed by atoms with van der Waals surface area (Å²) in [5.41, 5.74) is 6.19. The smallest absolute Gasteiger partial charge is 0.237 e. The molecule has 3 aromatic carbocycles. The molecule has 0 fully saturated rings. The lowest BCUT2D eigenvalue weighted by molar-refractivity contribution is -0.115. The monoisotopic (exact) mass is 537 g/mol. The first-order valence-corrected chi connectivity index (χ1v) is 13.5. The topological polar surface area (TPSA) is 84.2 Å². The van der Waals surface area contributed by atoms with Crippen LogP contribution in [0.15, 0.2) is 77.8 Å². The molecule has 1 atom stereocenters. The molecule has 0 bridgehead atoms. The Morgan fingerprint density at radius 2 is 1.77 bits per heavy atom. The van der Waals surface area contributed by atoms with Crippen molar-refractivity contribution in [2.75, 3.05) is 19.5 Å². The second-order valence-electron chi connectivity index (χ2n) is 9.10. The number of aryl methyl sites for hydroxylation is 2. The van der Waals surface area contributed by atoms with E-state index in [9.17, 15) is 10.1 Å². The number of carbonyl (C=O) groups excluding carboxylic acids is 1. The predicted molar refractivity (Wildman–Crippen MR) is 157 cm³/mol. The molecule has 1 N–H and O–H groups in total. The summed E-state index contributed by atoms with van der Waals surface area (Å²) in [7, 11) is 3.19. The molecule has 0 saturated carbocycles. The van der Waals surface area contributed by atoms with Gasteiger partial charge in [-0.3, -0.25) is 4.79 Å². The van der Waals surface area contributed by atoms with Crippen molar-refractivity contribution < 1.29 is 14.3 Å². The first kappa shape index (κ1) is 27.7. The van der Waals surface area contributed by atoms with Crippen molar-refractivity contribution in [3.05, 3.63) is 89.5 Å². The Hall–Kier alpha value is -4.28. The van der Waals surface area contributed by atoms with Crippen LogP contribution in [-0.4, -0.2) is 30.4 Å². The first-order valence-electron chi connectivity index (χ1n) is 12.7. The van der Waals surface area contributed by atoms with Crippen LogP contribution in [0, 0.1) is 25.2 Å². The first-order chi connectivity index (χ1) is 18.9. The molecular weight excluding hydrogens is 506 g/mol. The number of nitrogens with zero attached hydrogens (tertiary/aromatic N) is 2. The molecule has 0 spiro atoms. The lowest BCUT2D eigenvalue weighted by Crippen LogP contribution is -2.25. The van der Waals surface area contributed by atoms with Crippen LogP contribution in [0.4, 0.5) is 5.69 Å². The average Bonchev–Trinajstić information content (AvgIpc) is 2.97. The number of ether oxygens (including phenoxy) is 2. The molecule has 4 aromatic rings. The van der Waals surface area contributed by atoms with Crippen molar-refractivity contribution in [3.8, 4) is 40.0 Å². The molecule has 4 rings (SSSR count). The van der Waals surface area contributed by atoms with Crippen LogP contribution in [0.5, 0.6) is 11.5 Å². The average molecular weight is 538 g/mol. The Labute approximate surface area is 234 Å². The second-order valence-corrected chi connectivity index (χ2v) is 10.3. The van der Waals surface area contributed by atoms with Gasteiger partial charge in [-0.2, -0.15) is 5.26 Å². The zero-order valence-electron chi connectivity index (χ0n) is 22.7. The van der Waals surface area contributed by atoms with Gasteiger partial charge in [-0.25, -0.2) is 4.98 Å². The summed E-state index contributed by atoms with van der Waals surface area (Å²) in [4.78, 5) is 18.3. The van der Waals surface area contributed by atoms with E-state index < -0.39 is 5.25 Å². The van der Waals surface area contributed by atoms with Gasteiger partial charge in [0.15, 0.2) is 0 Å². The molecule has 6 nitrogen and oxygen atoms in total. The molecule has 1 heterocycles. The number of nitriles is 1. The third kappa shape index (κ3) is 6.24. The zero-order valence-corrected chi connectivity index (χ0v) is 23.6. The van der Waals surface area contributed by atoms with Crippen LogP contribution in [-0.2, 0) is 4.79 Å². The van der Waals surface area contributed by atoms with Crippen LogP contribution >= 0.6 is 11.8 Å². The summed E-state index contributed by atoms with van der Waals surface area (Å²) in [6, 6.07) is 25.5. The molecule has 0 aliphatic heterocycles. The Bertz CT molecular complexity index is 1530. The lowest BCUT2D eigenvalue weighted by Gasteiger charge is -2.19. The van der Waals surface area contributed by atoms with Gasteiger partial charge in [-0.15, -0.1) is 0 Å². The van der Waals surface area contributed by atoms with Gasteiger partial charge in [-0.1, -0.05) is 61.2 Å². The van der Waals surface area contributed by atoms with Gasteiger partial charge in [0.05, 0.1) is 30.7 Å². The van der Waals surface area contributed by atoms with Crippen molar-refractivity contribution in [1.82, 2.24) is 4.98 Å². The molecule has 7 heteroatoms. The molecule has 1 unspecified atom stereocenters. The third-order valence-electron chi connectivity index (χ3n) is 6.43. The van der Waals surface area contributed by atoms with Gasteiger partial charge in [0.2, 0.25) is 5.91 Å². The van der Waals surface area contributed by atoms with Gasteiger partial charge in [0.25, 0.3) is 0 Å². The molecule has 198 valence electrons. The molecule has 0 radical (unpaired) electrons. The Morgan fingerprint density at radius 3 is 2.44 bits per heavy atom. The summed E-state index contributed by atoms with van der Waals surface area (Å²) >= 11 is 1.30. The lowest BCUT2D eigenvalue weighted by atomic mass is 9.98. The maximum atomic E-state index is 13.4. The highest BCUT2D eigenvalue weighted by atomic mass is 32.2. The zero-order chi connectivity index (χ0) is 27.9. The normalized spacial score (nSPS) is 11.4. The van der Waals surface area contributed by atoms with Gasteiger partial charge in [-0.05, 0) is 61.7 Å². The fraction of sp³-hybridized carbons (Fsp3) is 0.219. The number of aromatic nitrogens is 1. The number of thioether (sulfide) groups is 1. The standard InChI is InChI=1S/C32H31N3O3S/c1-6-30(31(36)34-27-16-20(2)12-13-21(27)3)39-32-26(19-33)24(18-28(35-32)22-10-8-7-9-11-22)25-17-23(37-4)14-15-29(25)38-5/h7-18,30H,6H2,1-5H3,(H,34,36). The Morgan fingerprint density at radius 1 is 1.00 bits per heavy atom. The van der Waals surface area contributed by atoms with E-state index in [1.165, 1.54) is 11.8 Å². The number of benzene rings is 3. The predicted octanol–water partition coefficient (Wildman–Crippen LogP) is 7.43. The van der Waals surface area contributed by atoms with Gasteiger partial charge >= 0.3 is 0 Å². The number of nitrogens with one attached hydrogen (secondary N) is 1. The van der Waals surface area contributed by atoms with Gasteiger partial charge in [0.1, 0.15) is 22.6 Å². The second kappa shape index (κ2) is 12.5. The van der Waals surface area contributed by atoms with Crippen molar-refractivity contribution in [3.63, 3.8) is 0 Å². The van der Waals surface area contributed by atoms with Crippen LogP contribution in [0.25, 0.3) is 22.4 Å². The maximum Gasteiger partial charge on any atom is 0.237 e. The van der Waals surface area contributed by atoms with Gasteiger partial charge in [0, 0.05) is 22.4 Å². The summed E-state index contributed by atoms with van der Waals surface area (Å²) in [5.74, 6) is 1.11. The molecule has 0 aliphatic carbocycles. The molecule has 0 aliphatic rings. The summed E-state index contributed by atoms with van der Waals surface area (Å²) in [6.45, 7) is 5.92. The van der Waals surface area contributed by atoms with Crippen molar-refractivity contribution in [1.29, 1.82) is 5.26 Å². The molecule has 1 aromatic heterocycles. The number of anilines is 1. The summed E-state index contributed by atoms with van der Waals surface area (Å²) in [5, 5.41) is 13.5. The number of hydrogen-bond donors (Lipinski definition) is 1. The number of hydrogen-bond acceptors (Lipinski definition) is 6. The van der Waals surface area contributed by atoms with Crippen LogP contribution in [0.3, 0.4) is 0 Å². The van der Waals surface area contributed by atoms with Crippen LogP contribution in [0.2, 0.25) is 0 Å². The minimum atomic E-state index is -0.462. The van der Waals surface area contributed by atoms with Crippen molar-refractivity contribution >= 4 is 23.4 Å². The van der Waals surface area contributed by atoms with Crippen molar-refractivity contribution in [2.24, 2.45) is 0 Å².